The fourth-order valence-corrected chi connectivity index (χ4v) is 8.85. The van der Waals surface area contributed by atoms with Crippen molar-refractivity contribution in [1.29, 1.82) is 0 Å². The Morgan fingerprint density at radius 1 is 0.203 bits per heavy atom. The SMILES string of the molecule is c1cc(-c2ccc3ccccc3c2)cc(N(c2ccc(-c3ccc(-c4cccc5ccccc45)cc3)cc2)c2ccc(-c3cccc4c3ccc3ccccc34)cc2)c1. The number of hydrogen-bond acceptors (Lipinski definition) is 1. The van der Waals surface area contributed by atoms with Gasteiger partial charge in [0.2, 0.25) is 0 Å². The van der Waals surface area contributed by atoms with Crippen LogP contribution in [0.3, 0.4) is 0 Å². The number of rotatable bonds is 7. The summed E-state index contributed by atoms with van der Waals surface area (Å²) in [4.78, 5) is 2.37. The fraction of sp³-hybridized carbons (Fsp3) is 0. The molecule has 0 unspecified atom stereocenters. The van der Waals surface area contributed by atoms with Crippen molar-refractivity contribution in [3.63, 3.8) is 0 Å². The Hall–Kier alpha value is -7.74. The minimum atomic E-state index is 1.10. The van der Waals surface area contributed by atoms with Gasteiger partial charge in [-0.25, -0.2) is 0 Å². The van der Waals surface area contributed by atoms with Gasteiger partial charge in [0.15, 0.2) is 0 Å². The monoisotopic (exact) mass is 749 g/mol. The number of nitrogens with zero attached hydrogens (tertiary/aromatic N) is 1. The number of hydrogen-bond donors (Lipinski definition) is 0. The lowest BCUT2D eigenvalue weighted by Gasteiger charge is -2.26. The van der Waals surface area contributed by atoms with E-state index in [0.717, 1.165) is 17.1 Å². The van der Waals surface area contributed by atoms with Crippen molar-refractivity contribution in [3.8, 4) is 44.5 Å². The lowest BCUT2D eigenvalue weighted by Crippen LogP contribution is -2.10. The first-order chi connectivity index (χ1) is 29.2. The number of anilines is 3. The quantitative estimate of drug-likeness (QED) is 0.147. The van der Waals surface area contributed by atoms with Crippen molar-refractivity contribution in [2.75, 3.05) is 4.90 Å². The normalized spacial score (nSPS) is 11.4. The summed E-state index contributed by atoms with van der Waals surface area (Å²) in [7, 11) is 0. The molecule has 276 valence electrons. The molecule has 0 spiro atoms. The van der Waals surface area contributed by atoms with Crippen LogP contribution in [0.25, 0.3) is 87.6 Å². The third-order valence-electron chi connectivity index (χ3n) is 11.9. The summed E-state index contributed by atoms with van der Waals surface area (Å²) in [6.07, 6.45) is 0. The van der Waals surface area contributed by atoms with Crippen molar-refractivity contribution in [1.82, 2.24) is 0 Å². The van der Waals surface area contributed by atoms with Gasteiger partial charge in [-0.05, 0) is 130 Å². The van der Waals surface area contributed by atoms with Gasteiger partial charge in [0.25, 0.3) is 0 Å². The summed E-state index contributed by atoms with van der Waals surface area (Å²) in [5, 5.41) is 10.1. The van der Waals surface area contributed by atoms with E-state index >= 15 is 0 Å². The Bertz CT molecular complexity index is 3300. The van der Waals surface area contributed by atoms with Crippen LogP contribution in [0, 0.1) is 0 Å². The van der Waals surface area contributed by atoms with E-state index < -0.39 is 0 Å². The minimum Gasteiger partial charge on any atom is -0.310 e. The molecule has 0 aliphatic carbocycles. The summed E-state index contributed by atoms with van der Waals surface area (Å²) < 4.78 is 0. The number of benzene rings is 11. The molecular weight excluding hydrogens is 711 g/mol. The van der Waals surface area contributed by atoms with Gasteiger partial charge in [-0.2, -0.15) is 0 Å². The van der Waals surface area contributed by atoms with Crippen LogP contribution in [0.15, 0.2) is 237 Å². The third kappa shape index (κ3) is 6.40. The standard InChI is InChI=1S/C58H39N/c1-2-13-47-38-49(27-24-40(47)10-1)48-15-7-16-52(39-48)59(51-35-30-46(31-36-51)56-20-9-21-57-55-18-6-4-12-44(55)32-37-58(56)57)50-33-28-42(29-34-50)41-22-25-45(26-23-41)54-19-8-14-43-11-3-5-17-53(43)54/h1-39H. The average Bonchev–Trinajstić information content (AvgIpc) is 3.32. The molecule has 0 saturated heterocycles. The van der Waals surface area contributed by atoms with Crippen LogP contribution in [0.1, 0.15) is 0 Å². The summed E-state index contributed by atoms with van der Waals surface area (Å²) in [6, 6.07) is 86.2. The lowest BCUT2D eigenvalue weighted by atomic mass is 9.94. The molecule has 11 rings (SSSR count). The van der Waals surface area contributed by atoms with Gasteiger partial charge in [0, 0.05) is 17.1 Å². The second-order valence-corrected chi connectivity index (χ2v) is 15.3. The highest BCUT2D eigenvalue weighted by atomic mass is 15.1. The first-order valence-corrected chi connectivity index (χ1v) is 20.3. The van der Waals surface area contributed by atoms with Crippen LogP contribution in [0.2, 0.25) is 0 Å². The van der Waals surface area contributed by atoms with Crippen LogP contribution in [-0.2, 0) is 0 Å². The molecule has 11 aromatic carbocycles. The molecule has 0 N–H and O–H groups in total. The molecule has 1 nitrogen and oxygen atoms in total. The van der Waals surface area contributed by atoms with Crippen molar-refractivity contribution in [2.24, 2.45) is 0 Å². The van der Waals surface area contributed by atoms with Gasteiger partial charge in [-0.15, -0.1) is 0 Å². The predicted octanol–water partition coefficient (Wildman–Crippen LogP) is 16.4. The second kappa shape index (κ2) is 14.6. The van der Waals surface area contributed by atoms with Crippen molar-refractivity contribution in [2.45, 2.75) is 0 Å². The molecule has 0 fully saturated rings. The Labute approximate surface area is 344 Å². The molecule has 0 heterocycles. The van der Waals surface area contributed by atoms with E-state index in [1.54, 1.807) is 0 Å². The van der Waals surface area contributed by atoms with Gasteiger partial charge in [-0.1, -0.05) is 194 Å². The molecule has 0 saturated carbocycles. The predicted molar refractivity (Wildman–Crippen MR) is 253 cm³/mol. The minimum absolute atomic E-state index is 1.10. The average molecular weight is 750 g/mol. The van der Waals surface area contributed by atoms with E-state index in [-0.39, 0.29) is 0 Å². The van der Waals surface area contributed by atoms with Gasteiger partial charge < -0.3 is 4.90 Å². The first-order valence-electron chi connectivity index (χ1n) is 20.3. The van der Waals surface area contributed by atoms with Gasteiger partial charge >= 0.3 is 0 Å². The maximum Gasteiger partial charge on any atom is 0.0467 e. The Morgan fingerprint density at radius 2 is 0.661 bits per heavy atom. The molecule has 0 amide bonds. The smallest absolute Gasteiger partial charge is 0.0467 e. The van der Waals surface area contributed by atoms with E-state index in [0.29, 0.717) is 0 Å². The highest BCUT2D eigenvalue weighted by molar-refractivity contribution is 6.12. The number of fused-ring (bicyclic) bond motifs is 5. The van der Waals surface area contributed by atoms with Gasteiger partial charge in [0.1, 0.15) is 0 Å². The third-order valence-corrected chi connectivity index (χ3v) is 11.9. The molecule has 0 radical (unpaired) electrons. The maximum absolute atomic E-state index is 2.37. The van der Waals surface area contributed by atoms with Crippen LogP contribution in [0.5, 0.6) is 0 Å². The van der Waals surface area contributed by atoms with Crippen molar-refractivity contribution in [3.05, 3.63) is 237 Å². The van der Waals surface area contributed by atoms with Gasteiger partial charge in [-0.3, -0.25) is 0 Å². The zero-order valence-electron chi connectivity index (χ0n) is 32.5. The topological polar surface area (TPSA) is 3.24 Å². The first kappa shape index (κ1) is 34.5. The van der Waals surface area contributed by atoms with Crippen LogP contribution in [-0.4, -0.2) is 0 Å². The molecule has 11 aromatic rings. The zero-order valence-corrected chi connectivity index (χ0v) is 32.5. The van der Waals surface area contributed by atoms with E-state index in [9.17, 15) is 0 Å². The summed E-state index contributed by atoms with van der Waals surface area (Å²) >= 11 is 0. The Morgan fingerprint density at radius 3 is 1.39 bits per heavy atom. The molecule has 0 aromatic heterocycles. The molecule has 59 heavy (non-hydrogen) atoms. The highest BCUT2D eigenvalue weighted by Gasteiger charge is 2.16. The molecule has 0 bridgehead atoms. The van der Waals surface area contributed by atoms with Crippen LogP contribution in [0.4, 0.5) is 17.1 Å². The maximum atomic E-state index is 2.37. The van der Waals surface area contributed by atoms with E-state index in [1.165, 1.54) is 87.6 Å². The Kier molecular flexibility index (Phi) is 8.56. The molecule has 0 aliphatic rings. The lowest BCUT2D eigenvalue weighted by molar-refractivity contribution is 1.28. The van der Waals surface area contributed by atoms with Crippen LogP contribution < -0.4 is 4.90 Å². The van der Waals surface area contributed by atoms with Gasteiger partial charge in [0.05, 0.1) is 0 Å². The van der Waals surface area contributed by atoms with E-state index in [4.69, 9.17) is 0 Å². The fourth-order valence-electron chi connectivity index (χ4n) is 8.85. The summed E-state index contributed by atoms with van der Waals surface area (Å²) in [6.45, 7) is 0. The Balaban J connectivity index is 0.970. The van der Waals surface area contributed by atoms with E-state index in [1.807, 2.05) is 0 Å². The second-order valence-electron chi connectivity index (χ2n) is 15.3. The summed E-state index contributed by atoms with van der Waals surface area (Å²) in [5.41, 5.74) is 13.0. The molecular formula is C58H39N. The molecule has 1 heteroatoms. The zero-order chi connectivity index (χ0) is 39.1. The highest BCUT2D eigenvalue weighted by Crippen LogP contribution is 2.40. The molecule has 0 aliphatic heterocycles. The summed E-state index contributed by atoms with van der Waals surface area (Å²) in [5.74, 6) is 0. The van der Waals surface area contributed by atoms with Crippen molar-refractivity contribution < 1.29 is 0 Å². The van der Waals surface area contributed by atoms with E-state index in [2.05, 4.69) is 241 Å². The van der Waals surface area contributed by atoms with Crippen molar-refractivity contribution >= 4 is 60.2 Å². The molecule has 0 atom stereocenters. The largest absolute Gasteiger partial charge is 0.310 e. The van der Waals surface area contributed by atoms with Crippen LogP contribution >= 0.6 is 0 Å².